The smallest absolute Gasteiger partial charge is 0.292 e. The lowest BCUT2D eigenvalue weighted by Crippen LogP contribution is -2.28. The second-order valence-corrected chi connectivity index (χ2v) is 4.58. The lowest BCUT2D eigenvalue weighted by atomic mass is 10.6. The lowest BCUT2D eigenvalue weighted by molar-refractivity contribution is 0.0299. The van der Waals surface area contributed by atoms with Gasteiger partial charge in [0.15, 0.2) is 0 Å². The number of rotatable bonds is 6. The molecule has 14 heavy (non-hydrogen) atoms. The van der Waals surface area contributed by atoms with E-state index in [9.17, 15) is 4.57 Å². The van der Waals surface area contributed by atoms with Crippen LogP contribution in [0.5, 0.6) is 0 Å². The van der Waals surface area contributed by atoms with Gasteiger partial charge < -0.3 is 0 Å². The van der Waals surface area contributed by atoms with Crippen molar-refractivity contribution in [3.05, 3.63) is 0 Å². The van der Waals surface area contributed by atoms with Gasteiger partial charge in [-0.2, -0.15) is 0 Å². The maximum Gasteiger partial charge on any atom is 0.322 e. The Balaban J connectivity index is 3.87. The van der Waals surface area contributed by atoms with Crippen LogP contribution < -0.4 is 0 Å². The van der Waals surface area contributed by atoms with Gasteiger partial charge in [-0.05, 0) is 42.0 Å². The van der Waals surface area contributed by atoms with E-state index in [4.69, 9.17) is 9.05 Å². The van der Waals surface area contributed by atoms with Crippen LogP contribution >= 0.6 is 8.25 Å². The van der Waals surface area contributed by atoms with Crippen LogP contribution in [0.3, 0.4) is 0 Å². The molecule has 6 heteroatoms. The molecule has 0 amide bonds. The Hall–Kier alpha value is 0.0700. The van der Waals surface area contributed by atoms with Crippen LogP contribution in [-0.2, 0) is 13.6 Å². The molecule has 2 unspecified atom stereocenters. The molecule has 0 rings (SSSR count). The van der Waals surface area contributed by atoms with Crippen LogP contribution in [0.15, 0.2) is 0 Å². The van der Waals surface area contributed by atoms with Gasteiger partial charge >= 0.3 is 8.25 Å². The van der Waals surface area contributed by atoms with E-state index >= 15 is 0 Å². The molecular weight excluding hydrogens is 203 g/mol. The van der Waals surface area contributed by atoms with Crippen molar-refractivity contribution in [2.45, 2.75) is 26.3 Å². The first kappa shape index (κ1) is 14.1. The number of hydrogen-bond donors (Lipinski definition) is 0. The Kier molecular flexibility index (Phi) is 6.57. The standard InChI is InChI=1S/C8H21N2O3P/c1-7(9(3)4)12-14(11)13-8(2)10(5)6/h7-8,14H,1-6H3. The van der Waals surface area contributed by atoms with Crippen molar-refractivity contribution in [1.29, 1.82) is 0 Å². The third-order valence-corrected chi connectivity index (χ3v) is 3.06. The predicted molar refractivity (Wildman–Crippen MR) is 57.5 cm³/mol. The maximum absolute atomic E-state index is 11.4. The van der Waals surface area contributed by atoms with E-state index in [2.05, 4.69) is 0 Å². The molecule has 0 spiro atoms. The summed E-state index contributed by atoms with van der Waals surface area (Å²) in [6.07, 6.45) is -0.397. The van der Waals surface area contributed by atoms with Crippen LogP contribution in [0.4, 0.5) is 0 Å². The molecule has 0 aromatic rings. The molecule has 0 aromatic heterocycles. The normalized spacial score (nSPS) is 18.6. The van der Waals surface area contributed by atoms with Crippen molar-refractivity contribution in [2.75, 3.05) is 28.2 Å². The molecule has 0 heterocycles. The van der Waals surface area contributed by atoms with Gasteiger partial charge in [-0.1, -0.05) is 0 Å². The highest BCUT2D eigenvalue weighted by Crippen LogP contribution is 2.28. The topological polar surface area (TPSA) is 42.0 Å². The zero-order valence-corrected chi connectivity index (χ0v) is 10.8. The van der Waals surface area contributed by atoms with Crippen molar-refractivity contribution in [2.24, 2.45) is 0 Å². The maximum atomic E-state index is 11.4. The van der Waals surface area contributed by atoms with Gasteiger partial charge in [0, 0.05) is 0 Å². The van der Waals surface area contributed by atoms with Gasteiger partial charge in [0.2, 0.25) is 0 Å². The average Bonchev–Trinajstić information content (AvgIpc) is 2.03. The Morgan fingerprint density at radius 2 is 1.21 bits per heavy atom. The number of hydrogen-bond acceptors (Lipinski definition) is 5. The van der Waals surface area contributed by atoms with Crippen LogP contribution in [0.2, 0.25) is 0 Å². The monoisotopic (exact) mass is 224 g/mol. The van der Waals surface area contributed by atoms with E-state index in [1.165, 1.54) is 0 Å². The van der Waals surface area contributed by atoms with Crippen LogP contribution in [0.25, 0.3) is 0 Å². The summed E-state index contributed by atoms with van der Waals surface area (Å²) in [7, 11) is 5.01. The van der Waals surface area contributed by atoms with Crippen molar-refractivity contribution < 1.29 is 13.6 Å². The number of nitrogens with zero attached hydrogens (tertiary/aromatic N) is 2. The molecule has 0 aliphatic rings. The summed E-state index contributed by atoms with van der Waals surface area (Å²) in [6, 6.07) is 0. The molecule has 5 nitrogen and oxygen atoms in total. The minimum absolute atomic E-state index is 0.198. The fourth-order valence-corrected chi connectivity index (χ4v) is 1.55. The molecule has 0 radical (unpaired) electrons. The summed E-state index contributed by atoms with van der Waals surface area (Å²) < 4.78 is 21.7. The van der Waals surface area contributed by atoms with Gasteiger partial charge in [0.1, 0.15) is 12.5 Å². The summed E-state index contributed by atoms with van der Waals surface area (Å²) in [5.74, 6) is 0. The summed E-state index contributed by atoms with van der Waals surface area (Å²) >= 11 is 0. The summed E-state index contributed by atoms with van der Waals surface area (Å²) in [4.78, 5) is 3.65. The summed E-state index contributed by atoms with van der Waals surface area (Å²) in [5.41, 5.74) is 0. The van der Waals surface area contributed by atoms with Crippen LogP contribution in [0, 0.1) is 0 Å². The predicted octanol–water partition coefficient (Wildman–Crippen LogP) is 1.22. The molecule has 0 N–H and O–H groups in total. The summed E-state index contributed by atoms with van der Waals surface area (Å²) in [5, 5.41) is 0. The first-order chi connectivity index (χ1) is 6.34. The molecule has 0 aromatic carbocycles. The molecular formula is C8H21N2O3P. The Morgan fingerprint density at radius 1 is 0.929 bits per heavy atom. The third-order valence-electron chi connectivity index (χ3n) is 1.99. The Labute approximate surface area is 86.9 Å². The van der Waals surface area contributed by atoms with Crippen molar-refractivity contribution in [3.8, 4) is 0 Å². The molecule has 0 fully saturated rings. The quantitative estimate of drug-likeness (QED) is 0.501. The molecule has 2 atom stereocenters. The van der Waals surface area contributed by atoms with E-state index in [1.807, 2.05) is 51.8 Å². The fraction of sp³-hybridized carbons (Fsp3) is 1.00. The summed E-state index contributed by atoms with van der Waals surface area (Å²) in [6.45, 7) is 3.65. The second kappa shape index (κ2) is 6.53. The lowest BCUT2D eigenvalue weighted by Gasteiger charge is -2.23. The SMILES string of the molecule is CC(O[PH](=O)OC(C)N(C)C)N(C)C. The van der Waals surface area contributed by atoms with Crippen LogP contribution in [0.1, 0.15) is 13.8 Å². The first-order valence-corrected chi connectivity index (χ1v) is 5.77. The van der Waals surface area contributed by atoms with Gasteiger partial charge in [-0.3, -0.25) is 23.4 Å². The minimum Gasteiger partial charge on any atom is -0.292 e. The van der Waals surface area contributed by atoms with Crippen molar-refractivity contribution >= 4 is 8.25 Å². The highest BCUT2D eigenvalue weighted by Gasteiger charge is 2.13. The zero-order chi connectivity index (χ0) is 11.3. The highest BCUT2D eigenvalue weighted by atomic mass is 31.1. The molecule has 0 saturated carbocycles. The van der Waals surface area contributed by atoms with Gasteiger partial charge in [-0.25, -0.2) is 0 Å². The molecule has 0 aliphatic carbocycles. The highest BCUT2D eigenvalue weighted by molar-refractivity contribution is 7.33. The largest absolute Gasteiger partial charge is 0.322 e. The zero-order valence-electron chi connectivity index (χ0n) is 9.77. The fourth-order valence-electron chi connectivity index (χ4n) is 0.517. The third kappa shape index (κ3) is 5.73. The Bertz CT molecular complexity index is 169. The molecule has 0 aliphatic heterocycles. The van der Waals surface area contributed by atoms with E-state index in [0.29, 0.717) is 0 Å². The Morgan fingerprint density at radius 3 is 1.43 bits per heavy atom. The van der Waals surface area contributed by atoms with E-state index in [0.717, 1.165) is 0 Å². The van der Waals surface area contributed by atoms with Crippen LogP contribution in [-0.4, -0.2) is 50.4 Å². The van der Waals surface area contributed by atoms with E-state index in [-0.39, 0.29) is 12.5 Å². The molecule has 0 saturated heterocycles. The molecule has 0 bridgehead atoms. The second-order valence-electron chi connectivity index (χ2n) is 3.61. The van der Waals surface area contributed by atoms with Crippen molar-refractivity contribution in [1.82, 2.24) is 9.80 Å². The van der Waals surface area contributed by atoms with Gasteiger partial charge in [0.05, 0.1) is 0 Å². The minimum atomic E-state index is -2.41. The average molecular weight is 224 g/mol. The first-order valence-electron chi connectivity index (χ1n) is 4.54. The van der Waals surface area contributed by atoms with Gasteiger partial charge in [0.25, 0.3) is 0 Å². The van der Waals surface area contributed by atoms with Crippen molar-refractivity contribution in [3.63, 3.8) is 0 Å². The molecule has 86 valence electrons. The van der Waals surface area contributed by atoms with E-state index < -0.39 is 8.25 Å². The van der Waals surface area contributed by atoms with E-state index in [1.54, 1.807) is 0 Å². The van der Waals surface area contributed by atoms with Gasteiger partial charge in [-0.15, -0.1) is 0 Å².